The van der Waals surface area contributed by atoms with E-state index in [0.717, 1.165) is 17.6 Å². The second kappa shape index (κ2) is 9.96. The molecule has 0 atom stereocenters. The molecular formula is C23H25F2N7O2. The molecular weight excluding hydrogens is 444 g/mol. The summed E-state index contributed by atoms with van der Waals surface area (Å²) in [6.45, 7) is 3.65. The predicted octanol–water partition coefficient (Wildman–Crippen LogP) is 3.17. The Morgan fingerprint density at radius 2 is 1.91 bits per heavy atom. The lowest BCUT2D eigenvalue weighted by Gasteiger charge is -2.11. The third-order valence-corrected chi connectivity index (χ3v) is 5.41. The Morgan fingerprint density at radius 1 is 1.15 bits per heavy atom. The minimum atomic E-state index is -0.964. The molecule has 34 heavy (non-hydrogen) atoms. The average molecular weight is 469 g/mol. The van der Waals surface area contributed by atoms with Crippen molar-refractivity contribution in [3.8, 4) is 0 Å². The molecule has 11 heteroatoms. The number of aryl methyl sites for hydroxylation is 1. The van der Waals surface area contributed by atoms with Gasteiger partial charge >= 0.3 is 0 Å². The fourth-order valence-corrected chi connectivity index (χ4v) is 3.73. The number of aromatic nitrogens is 4. The zero-order chi connectivity index (χ0) is 24.2. The molecule has 0 bridgehead atoms. The van der Waals surface area contributed by atoms with Crippen LogP contribution in [0, 0.1) is 11.6 Å². The minimum absolute atomic E-state index is 0.121. The van der Waals surface area contributed by atoms with E-state index >= 15 is 0 Å². The zero-order valence-corrected chi connectivity index (χ0v) is 18.6. The number of carbonyl (C=O) groups excluding carboxylic acids is 1. The first-order chi connectivity index (χ1) is 16.4. The summed E-state index contributed by atoms with van der Waals surface area (Å²) in [5.74, 6) is -1.47. The van der Waals surface area contributed by atoms with Gasteiger partial charge in [0.25, 0.3) is 5.91 Å². The number of fused-ring (bicyclic) bond motifs is 3. The summed E-state index contributed by atoms with van der Waals surface area (Å²) in [5.41, 5.74) is 13.4. The van der Waals surface area contributed by atoms with Crippen LogP contribution < -0.4 is 16.8 Å². The van der Waals surface area contributed by atoms with Gasteiger partial charge in [0.2, 0.25) is 0 Å². The highest BCUT2D eigenvalue weighted by Crippen LogP contribution is 2.28. The van der Waals surface area contributed by atoms with Crippen LogP contribution in [0.3, 0.4) is 0 Å². The number of hydrogen-bond donors (Lipinski definition) is 3. The van der Waals surface area contributed by atoms with Crippen LogP contribution in [0.4, 0.5) is 20.3 Å². The highest BCUT2D eigenvalue weighted by Gasteiger charge is 2.18. The second-order valence-corrected chi connectivity index (χ2v) is 7.70. The van der Waals surface area contributed by atoms with Crippen LogP contribution in [-0.4, -0.2) is 38.6 Å². The second-order valence-electron chi connectivity index (χ2n) is 7.70. The van der Waals surface area contributed by atoms with Gasteiger partial charge in [-0.25, -0.2) is 18.7 Å². The number of amides is 1. The summed E-state index contributed by atoms with van der Waals surface area (Å²) in [4.78, 5) is 25.8. The van der Waals surface area contributed by atoms with E-state index in [1.807, 2.05) is 17.6 Å². The van der Waals surface area contributed by atoms with Crippen LogP contribution in [0.2, 0.25) is 0 Å². The van der Waals surface area contributed by atoms with Gasteiger partial charge in [0.1, 0.15) is 46.3 Å². The Labute approximate surface area is 194 Å². The van der Waals surface area contributed by atoms with Gasteiger partial charge in [-0.1, -0.05) is 0 Å². The number of rotatable bonds is 9. The molecule has 0 fully saturated rings. The lowest BCUT2D eigenvalue weighted by Crippen LogP contribution is -2.25. The lowest BCUT2D eigenvalue weighted by molar-refractivity contribution is 0.0952. The fourth-order valence-electron chi connectivity index (χ4n) is 3.73. The lowest BCUT2D eigenvalue weighted by atomic mass is 10.1. The van der Waals surface area contributed by atoms with E-state index in [0.29, 0.717) is 67.3 Å². The summed E-state index contributed by atoms with van der Waals surface area (Å²) >= 11 is 0. The van der Waals surface area contributed by atoms with Crippen molar-refractivity contribution in [2.24, 2.45) is 0 Å². The maximum atomic E-state index is 13.6. The summed E-state index contributed by atoms with van der Waals surface area (Å²) in [6.07, 6.45) is 2.99. The summed E-state index contributed by atoms with van der Waals surface area (Å²) in [7, 11) is 0. The van der Waals surface area contributed by atoms with Crippen molar-refractivity contribution in [2.75, 3.05) is 24.6 Å². The van der Waals surface area contributed by atoms with Gasteiger partial charge in [0.15, 0.2) is 5.82 Å². The number of hydrogen-bond acceptors (Lipinski definition) is 7. The topological polar surface area (TPSA) is 134 Å². The molecule has 0 unspecified atom stereocenters. The first-order valence-electron chi connectivity index (χ1n) is 10.9. The molecule has 4 rings (SSSR count). The number of benzene rings is 1. The number of nitrogens with two attached hydrogens (primary N) is 2. The van der Waals surface area contributed by atoms with E-state index < -0.39 is 23.2 Å². The summed E-state index contributed by atoms with van der Waals surface area (Å²) in [5, 5.41) is 2.67. The molecule has 3 heterocycles. The number of unbranched alkanes of at least 4 members (excludes halogenated alkanes) is 1. The third kappa shape index (κ3) is 4.60. The van der Waals surface area contributed by atoms with Gasteiger partial charge in [-0.05, 0) is 44.0 Å². The molecule has 178 valence electrons. The van der Waals surface area contributed by atoms with Gasteiger partial charge in [0.05, 0.1) is 5.52 Å². The average Bonchev–Trinajstić information content (AvgIpc) is 3.19. The first kappa shape index (κ1) is 23.3. The Morgan fingerprint density at radius 3 is 2.65 bits per heavy atom. The van der Waals surface area contributed by atoms with E-state index in [2.05, 4.69) is 20.3 Å². The summed E-state index contributed by atoms with van der Waals surface area (Å²) in [6, 6.07) is 5.48. The number of nitrogen functional groups attached to an aromatic ring is 2. The van der Waals surface area contributed by atoms with Crippen molar-refractivity contribution in [3.05, 3.63) is 53.5 Å². The molecule has 5 N–H and O–H groups in total. The van der Waals surface area contributed by atoms with Crippen LogP contribution in [0.1, 0.15) is 35.9 Å². The van der Waals surface area contributed by atoms with Crippen molar-refractivity contribution in [2.45, 2.75) is 32.9 Å². The van der Waals surface area contributed by atoms with Gasteiger partial charge in [-0.2, -0.15) is 0 Å². The Bertz CT molecular complexity index is 1330. The number of nitrogens with one attached hydrogen (secondary N) is 1. The van der Waals surface area contributed by atoms with Crippen LogP contribution in [0.15, 0.2) is 30.5 Å². The SMILES string of the molecule is CCOCc1nc2c(N)nc3cccnc3c2n1CCCCNC(=O)c1cc(F)c(N)c(F)c1. The fraction of sp³-hybridized carbons (Fsp3) is 0.304. The van der Waals surface area contributed by atoms with Gasteiger partial charge < -0.3 is 26.1 Å². The van der Waals surface area contributed by atoms with E-state index in [1.54, 1.807) is 12.3 Å². The van der Waals surface area contributed by atoms with Gasteiger partial charge in [0, 0.05) is 31.5 Å². The van der Waals surface area contributed by atoms with Gasteiger partial charge in [-0.3, -0.25) is 9.78 Å². The molecule has 3 aromatic heterocycles. The number of imidazole rings is 1. The van der Waals surface area contributed by atoms with Crippen LogP contribution >= 0.6 is 0 Å². The molecule has 0 aliphatic rings. The van der Waals surface area contributed by atoms with E-state index in [-0.39, 0.29) is 5.56 Å². The molecule has 0 spiro atoms. The number of ether oxygens (including phenoxy) is 1. The largest absolute Gasteiger partial charge is 0.394 e. The van der Waals surface area contributed by atoms with Crippen molar-refractivity contribution in [1.82, 2.24) is 24.8 Å². The molecule has 0 aliphatic carbocycles. The number of pyridine rings is 2. The highest BCUT2D eigenvalue weighted by molar-refractivity contribution is 6.04. The molecule has 4 aromatic rings. The summed E-state index contributed by atoms with van der Waals surface area (Å²) < 4.78 is 34.8. The molecule has 9 nitrogen and oxygen atoms in total. The van der Waals surface area contributed by atoms with Gasteiger partial charge in [-0.15, -0.1) is 0 Å². The predicted molar refractivity (Wildman–Crippen MR) is 125 cm³/mol. The van der Waals surface area contributed by atoms with E-state index in [9.17, 15) is 13.6 Å². The van der Waals surface area contributed by atoms with Crippen LogP contribution in [-0.2, 0) is 17.9 Å². The maximum absolute atomic E-state index is 13.6. The minimum Gasteiger partial charge on any atom is -0.394 e. The number of anilines is 2. The number of halogens is 2. The standard InChI is InChI=1S/C23H25F2N7O2/c1-2-34-12-17-31-20-21(19-16(30-22(20)27)6-5-8-28-19)32(17)9-4-3-7-29-23(33)13-10-14(24)18(26)15(25)11-13/h5-6,8,10-11H,2-4,7,9,12,26H2,1H3,(H2,27,30)(H,29,33). The Hall–Kier alpha value is -3.86. The first-order valence-corrected chi connectivity index (χ1v) is 10.9. The molecule has 1 amide bonds. The van der Waals surface area contributed by atoms with E-state index in [4.69, 9.17) is 16.2 Å². The van der Waals surface area contributed by atoms with Crippen molar-refractivity contribution < 1.29 is 18.3 Å². The highest BCUT2D eigenvalue weighted by atomic mass is 19.1. The zero-order valence-electron chi connectivity index (χ0n) is 18.6. The normalized spacial score (nSPS) is 11.4. The van der Waals surface area contributed by atoms with E-state index in [1.165, 1.54) is 0 Å². The molecule has 0 saturated carbocycles. The Balaban J connectivity index is 1.48. The Kier molecular flexibility index (Phi) is 6.82. The van der Waals surface area contributed by atoms with Crippen molar-refractivity contribution >= 4 is 39.5 Å². The van der Waals surface area contributed by atoms with Crippen molar-refractivity contribution in [3.63, 3.8) is 0 Å². The molecule has 1 aromatic carbocycles. The van der Waals surface area contributed by atoms with Crippen molar-refractivity contribution in [1.29, 1.82) is 0 Å². The maximum Gasteiger partial charge on any atom is 0.251 e. The number of carbonyl (C=O) groups is 1. The molecule has 0 aliphatic heterocycles. The molecule has 0 radical (unpaired) electrons. The number of nitrogens with zero attached hydrogens (tertiary/aromatic N) is 4. The van der Waals surface area contributed by atoms with Crippen LogP contribution in [0.5, 0.6) is 0 Å². The smallest absolute Gasteiger partial charge is 0.251 e. The molecule has 0 saturated heterocycles. The van der Waals surface area contributed by atoms with Crippen LogP contribution in [0.25, 0.3) is 22.1 Å². The quantitative estimate of drug-likeness (QED) is 0.253. The monoisotopic (exact) mass is 469 g/mol. The third-order valence-electron chi connectivity index (χ3n) is 5.41.